The minimum absolute atomic E-state index is 0.0645. The van der Waals surface area contributed by atoms with Crippen molar-refractivity contribution in [2.75, 3.05) is 0 Å². The van der Waals surface area contributed by atoms with Gasteiger partial charge in [0.1, 0.15) is 11.2 Å². The minimum Gasteiger partial charge on any atom is -0.352 e. The van der Waals surface area contributed by atoms with E-state index in [9.17, 15) is 4.79 Å². The van der Waals surface area contributed by atoms with Crippen LogP contribution in [-0.4, -0.2) is 40.7 Å². The normalized spacial score (nSPS) is 11.6. The Balaban J connectivity index is 1.49. The number of pyridine rings is 2. The number of hydrogen-bond acceptors (Lipinski definition) is 6. The molecule has 6 aromatic heterocycles. The van der Waals surface area contributed by atoms with E-state index in [1.165, 1.54) is 11.3 Å². The van der Waals surface area contributed by atoms with Gasteiger partial charge in [-0.2, -0.15) is 10.2 Å². The summed E-state index contributed by atoms with van der Waals surface area (Å²) in [7, 11) is 1.88. The van der Waals surface area contributed by atoms with Crippen molar-refractivity contribution in [1.29, 1.82) is 0 Å². The topological polar surface area (TPSA) is 105 Å². The fourth-order valence-electron chi connectivity index (χ4n) is 3.85. The van der Waals surface area contributed by atoms with Crippen molar-refractivity contribution in [3.8, 4) is 33.1 Å². The number of aromatic nitrogens is 7. The maximum atomic E-state index is 11.7. The Morgan fingerprint density at radius 2 is 2.00 bits per heavy atom. The van der Waals surface area contributed by atoms with Crippen LogP contribution in [-0.2, 0) is 7.05 Å². The molecular weight excluding hydrogens is 422 g/mol. The monoisotopic (exact) mass is 439 g/mol. The molecule has 0 aliphatic rings. The first-order valence-corrected chi connectivity index (χ1v) is 10.8. The standard InChI is InChI=1S/C23H17N7OS/c1-12(31)20-5-6-21(32-20)15-9-24-10-19-14(15)7-18(26-19)23-22-17(28-29-23)4-3-16(27-22)13-8-25-30(2)11-13/h3-11,26H,1-2H3,(H,28,29). The highest BCUT2D eigenvalue weighted by molar-refractivity contribution is 7.17. The molecule has 0 fully saturated rings. The van der Waals surface area contributed by atoms with Crippen LogP contribution < -0.4 is 0 Å². The number of H-pyrrole nitrogens is 2. The maximum Gasteiger partial charge on any atom is 0.169 e. The van der Waals surface area contributed by atoms with Crippen LogP contribution in [0.25, 0.3) is 55.0 Å². The Kier molecular flexibility index (Phi) is 4.05. The van der Waals surface area contributed by atoms with Crippen molar-refractivity contribution in [2.24, 2.45) is 7.05 Å². The molecule has 0 saturated heterocycles. The number of hydrogen-bond donors (Lipinski definition) is 2. The quantitative estimate of drug-likeness (QED) is 0.383. The van der Waals surface area contributed by atoms with Gasteiger partial charge in [-0.05, 0) is 37.3 Å². The molecule has 6 heterocycles. The molecule has 8 nitrogen and oxygen atoms in total. The van der Waals surface area contributed by atoms with E-state index in [1.807, 2.05) is 43.7 Å². The first-order valence-electron chi connectivity index (χ1n) is 9.99. The van der Waals surface area contributed by atoms with Crippen LogP contribution in [0.4, 0.5) is 0 Å². The number of aryl methyl sites for hydroxylation is 1. The van der Waals surface area contributed by atoms with Crippen molar-refractivity contribution >= 4 is 39.1 Å². The number of ketones is 1. The number of nitrogens with zero attached hydrogens (tertiary/aromatic N) is 5. The summed E-state index contributed by atoms with van der Waals surface area (Å²) in [6, 6.07) is 9.83. The van der Waals surface area contributed by atoms with E-state index >= 15 is 0 Å². The largest absolute Gasteiger partial charge is 0.352 e. The maximum absolute atomic E-state index is 11.7. The second-order valence-corrected chi connectivity index (χ2v) is 8.70. The van der Waals surface area contributed by atoms with Gasteiger partial charge >= 0.3 is 0 Å². The third-order valence-corrected chi connectivity index (χ3v) is 6.65. The average molecular weight is 440 g/mol. The van der Waals surface area contributed by atoms with Crippen LogP contribution in [0.3, 0.4) is 0 Å². The molecule has 0 radical (unpaired) electrons. The number of carbonyl (C=O) groups excluding carboxylic acids is 1. The molecule has 0 atom stereocenters. The number of rotatable bonds is 4. The first kappa shape index (κ1) is 18.6. The first-order chi connectivity index (χ1) is 15.6. The highest BCUT2D eigenvalue weighted by Gasteiger charge is 2.17. The zero-order valence-electron chi connectivity index (χ0n) is 17.2. The summed E-state index contributed by atoms with van der Waals surface area (Å²) < 4.78 is 1.76. The molecule has 0 aliphatic heterocycles. The summed E-state index contributed by atoms with van der Waals surface area (Å²) in [6.45, 7) is 1.58. The molecule has 0 amide bonds. The molecule has 0 unspecified atom stereocenters. The van der Waals surface area contributed by atoms with Gasteiger partial charge in [0.2, 0.25) is 0 Å². The molecule has 9 heteroatoms. The van der Waals surface area contributed by atoms with Crippen LogP contribution in [0.15, 0.2) is 55.1 Å². The van der Waals surface area contributed by atoms with E-state index in [4.69, 9.17) is 4.98 Å². The highest BCUT2D eigenvalue weighted by Crippen LogP contribution is 2.36. The van der Waals surface area contributed by atoms with E-state index in [0.717, 1.165) is 59.9 Å². The Morgan fingerprint density at radius 3 is 2.78 bits per heavy atom. The van der Waals surface area contributed by atoms with E-state index < -0.39 is 0 Å². The highest BCUT2D eigenvalue weighted by atomic mass is 32.1. The molecule has 6 aromatic rings. The van der Waals surface area contributed by atoms with E-state index in [0.29, 0.717) is 0 Å². The summed E-state index contributed by atoms with van der Waals surface area (Å²) in [5, 5.41) is 12.9. The number of nitrogens with one attached hydrogen (secondary N) is 2. The Hall–Kier alpha value is -4.11. The lowest BCUT2D eigenvalue weighted by atomic mass is 10.1. The molecule has 0 aliphatic carbocycles. The number of aromatic amines is 2. The van der Waals surface area contributed by atoms with Gasteiger partial charge < -0.3 is 4.98 Å². The lowest BCUT2D eigenvalue weighted by Gasteiger charge is -1.98. The second kappa shape index (κ2) is 6.96. The average Bonchev–Trinajstić information content (AvgIpc) is 3.56. The van der Waals surface area contributed by atoms with Gasteiger partial charge in [-0.1, -0.05) is 0 Å². The van der Waals surface area contributed by atoms with Crippen LogP contribution in [0, 0.1) is 0 Å². The lowest BCUT2D eigenvalue weighted by Crippen LogP contribution is -1.86. The van der Waals surface area contributed by atoms with Crippen LogP contribution in [0.1, 0.15) is 16.6 Å². The smallest absolute Gasteiger partial charge is 0.169 e. The van der Waals surface area contributed by atoms with Gasteiger partial charge in [0.15, 0.2) is 5.78 Å². The lowest BCUT2D eigenvalue weighted by molar-refractivity contribution is 0.102. The fraction of sp³-hybridized carbons (Fsp3) is 0.0870. The van der Waals surface area contributed by atoms with Gasteiger partial charge in [-0.25, -0.2) is 4.98 Å². The molecule has 32 heavy (non-hydrogen) atoms. The summed E-state index contributed by atoms with van der Waals surface area (Å²) in [5.41, 5.74) is 6.88. The molecule has 0 bridgehead atoms. The van der Waals surface area contributed by atoms with Gasteiger partial charge in [0.25, 0.3) is 0 Å². The number of fused-ring (bicyclic) bond motifs is 2. The van der Waals surface area contributed by atoms with Crippen LogP contribution >= 0.6 is 11.3 Å². The Labute approximate surface area is 186 Å². The molecule has 6 rings (SSSR count). The minimum atomic E-state index is 0.0645. The molecule has 156 valence electrons. The van der Waals surface area contributed by atoms with Crippen molar-refractivity contribution in [3.63, 3.8) is 0 Å². The predicted molar refractivity (Wildman–Crippen MR) is 124 cm³/mol. The van der Waals surface area contributed by atoms with Crippen molar-refractivity contribution < 1.29 is 4.79 Å². The van der Waals surface area contributed by atoms with E-state index in [-0.39, 0.29) is 5.78 Å². The summed E-state index contributed by atoms with van der Waals surface area (Å²) >= 11 is 1.47. The van der Waals surface area contributed by atoms with Crippen molar-refractivity contribution in [2.45, 2.75) is 6.92 Å². The zero-order valence-corrected chi connectivity index (χ0v) is 18.1. The van der Waals surface area contributed by atoms with Gasteiger partial charge in [0.05, 0.1) is 39.7 Å². The van der Waals surface area contributed by atoms with Crippen LogP contribution in [0.5, 0.6) is 0 Å². The Morgan fingerprint density at radius 1 is 1.09 bits per heavy atom. The van der Waals surface area contributed by atoms with Crippen molar-refractivity contribution in [3.05, 3.63) is 60.0 Å². The van der Waals surface area contributed by atoms with Gasteiger partial charge in [-0.3, -0.25) is 19.6 Å². The van der Waals surface area contributed by atoms with E-state index in [2.05, 4.69) is 31.3 Å². The number of Topliss-reactive ketones (excluding diaryl/α,β-unsaturated/α-hetero) is 1. The van der Waals surface area contributed by atoms with Gasteiger partial charge in [-0.15, -0.1) is 11.3 Å². The number of carbonyl (C=O) groups is 1. The van der Waals surface area contributed by atoms with Gasteiger partial charge in [0, 0.05) is 40.8 Å². The second-order valence-electron chi connectivity index (χ2n) is 7.62. The zero-order chi connectivity index (χ0) is 21.8. The fourth-order valence-corrected chi connectivity index (χ4v) is 4.77. The molecule has 0 aromatic carbocycles. The number of thiophene rings is 1. The van der Waals surface area contributed by atoms with E-state index in [1.54, 1.807) is 24.0 Å². The molecule has 2 N–H and O–H groups in total. The SMILES string of the molecule is CC(=O)c1ccc(-c2cncc3[nH]c(-c4n[nH]c5ccc(-c6cnn(C)c6)nc45)cc23)s1. The molecule has 0 spiro atoms. The predicted octanol–water partition coefficient (Wildman–Crippen LogP) is 4.83. The molecule has 0 saturated carbocycles. The Bertz CT molecular complexity index is 1630. The molecular formula is C23H17N7OS. The third-order valence-electron chi connectivity index (χ3n) is 5.43. The summed E-state index contributed by atoms with van der Waals surface area (Å²) in [4.78, 5) is 26.1. The van der Waals surface area contributed by atoms with Crippen molar-refractivity contribution in [1.82, 2.24) is 34.9 Å². The van der Waals surface area contributed by atoms with Crippen LogP contribution in [0.2, 0.25) is 0 Å². The third kappa shape index (κ3) is 2.94. The summed E-state index contributed by atoms with van der Waals surface area (Å²) in [6.07, 6.45) is 7.36. The summed E-state index contributed by atoms with van der Waals surface area (Å²) in [5.74, 6) is 0.0645.